The summed E-state index contributed by atoms with van der Waals surface area (Å²) >= 11 is 7.32. The minimum atomic E-state index is -1.10. The van der Waals surface area contributed by atoms with Crippen molar-refractivity contribution in [2.75, 3.05) is 0 Å². The van der Waals surface area contributed by atoms with Crippen molar-refractivity contribution in [1.82, 2.24) is 5.32 Å². The van der Waals surface area contributed by atoms with E-state index in [9.17, 15) is 14.7 Å². The Balaban J connectivity index is 1.25. The molecule has 5 rings (SSSR count). The number of hydrogen-bond acceptors (Lipinski definition) is 5. The molecule has 5 aromatic rings. The highest BCUT2D eigenvalue weighted by molar-refractivity contribution is 7.20. The lowest BCUT2D eigenvalue weighted by Gasteiger charge is -2.14. The van der Waals surface area contributed by atoms with Crippen molar-refractivity contribution in [3.63, 3.8) is 0 Å². The maximum absolute atomic E-state index is 13.0. The third kappa shape index (κ3) is 6.02. The Morgan fingerprint density at radius 1 is 0.946 bits per heavy atom. The fourth-order valence-electron chi connectivity index (χ4n) is 3.91. The molecule has 0 aliphatic carbocycles. The molecule has 2 N–H and O–H groups in total. The predicted molar refractivity (Wildman–Crippen MR) is 144 cm³/mol. The second kappa shape index (κ2) is 10.9. The quantitative estimate of drug-likeness (QED) is 0.218. The first-order valence-corrected chi connectivity index (χ1v) is 12.7. The van der Waals surface area contributed by atoms with Crippen LogP contribution >= 0.6 is 22.9 Å². The van der Waals surface area contributed by atoms with Crippen molar-refractivity contribution in [3.05, 3.63) is 112 Å². The molecular weight excluding hydrogens is 510 g/mol. The third-order valence-electron chi connectivity index (χ3n) is 5.87. The van der Waals surface area contributed by atoms with Crippen LogP contribution in [-0.4, -0.2) is 23.0 Å². The molecule has 0 radical (unpaired) electrons. The average Bonchev–Trinajstić information content (AvgIpc) is 3.58. The average molecular weight is 532 g/mol. The van der Waals surface area contributed by atoms with Gasteiger partial charge in [-0.15, -0.1) is 11.3 Å². The standard InChI is InChI=1S/C29H22ClNO5S/c30-23-6-3-20(4-7-23)21-5-10-26-22(14-21)15-27(37-26)28(32)31-25(29(33)34)13-18-1-8-24(9-2-18)36-17-19-11-12-35-16-19/h1-12,14-16,25H,13,17H2,(H,31,32)(H,33,34). The highest BCUT2D eigenvalue weighted by Gasteiger charge is 2.22. The molecule has 1 unspecified atom stereocenters. The monoisotopic (exact) mass is 531 g/mol. The highest BCUT2D eigenvalue weighted by Crippen LogP contribution is 2.31. The molecule has 0 aliphatic heterocycles. The Morgan fingerprint density at radius 3 is 2.41 bits per heavy atom. The zero-order valence-corrected chi connectivity index (χ0v) is 21.1. The van der Waals surface area contributed by atoms with Gasteiger partial charge in [-0.2, -0.15) is 0 Å². The van der Waals surface area contributed by atoms with Gasteiger partial charge in [-0.3, -0.25) is 4.79 Å². The van der Waals surface area contributed by atoms with Crippen LogP contribution in [0, 0.1) is 0 Å². The molecule has 0 saturated carbocycles. The zero-order chi connectivity index (χ0) is 25.8. The number of thiophene rings is 1. The van der Waals surface area contributed by atoms with Crippen molar-refractivity contribution in [2.24, 2.45) is 0 Å². The highest BCUT2D eigenvalue weighted by atomic mass is 35.5. The van der Waals surface area contributed by atoms with Gasteiger partial charge in [-0.1, -0.05) is 41.9 Å². The lowest BCUT2D eigenvalue weighted by Crippen LogP contribution is -2.42. The summed E-state index contributed by atoms with van der Waals surface area (Å²) in [6.07, 6.45) is 3.35. The van der Waals surface area contributed by atoms with Crippen LogP contribution in [0.1, 0.15) is 20.8 Å². The van der Waals surface area contributed by atoms with Gasteiger partial charge >= 0.3 is 5.97 Å². The van der Waals surface area contributed by atoms with Crippen LogP contribution in [0.25, 0.3) is 21.2 Å². The van der Waals surface area contributed by atoms with E-state index >= 15 is 0 Å². The summed E-state index contributed by atoms with van der Waals surface area (Å²) < 4.78 is 11.7. The lowest BCUT2D eigenvalue weighted by atomic mass is 10.0. The number of nitrogens with one attached hydrogen (secondary N) is 1. The van der Waals surface area contributed by atoms with Crippen LogP contribution in [0.3, 0.4) is 0 Å². The van der Waals surface area contributed by atoms with Crippen LogP contribution in [0.4, 0.5) is 0 Å². The Hall–Kier alpha value is -4.07. The van der Waals surface area contributed by atoms with Crippen molar-refractivity contribution in [1.29, 1.82) is 0 Å². The number of amides is 1. The first-order valence-electron chi connectivity index (χ1n) is 11.5. The molecule has 0 aliphatic rings. The maximum atomic E-state index is 13.0. The largest absolute Gasteiger partial charge is 0.489 e. The van der Waals surface area contributed by atoms with E-state index in [4.69, 9.17) is 20.8 Å². The Morgan fingerprint density at radius 2 is 1.70 bits per heavy atom. The molecular formula is C29H22ClNO5S. The van der Waals surface area contributed by atoms with Gasteiger partial charge < -0.3 is 19.6 Å². The first kappa shape index (κ1) is 24.6. The fraction of sp³-hybridized carbons (Fsp3) is 0.103. The molecule has 2 aromatic heterocycles. The normalized spacial score (nSPS) is 11.8. The minimum absolute atomic E-state index is 0.148. The van der Waals surface area contributed by atoms with Crippen LogP contribution in [0.2, 0.25) is 5.02 Å². The van der Waals surface area contributed by atoms with Gasteiger partial charge in [0.05, 0.1) is 17.4 Å². The summed E-state index contributed by atoms with van der Waals surface area (Å²) in [5, 5.41) is 14.0. The summed E-state index contributed by atoms with van der Waals surface area (Å²) in [5.41, 5.74) is 3.72. The topological polar surface area (TPSA) is 88.8 Å². The minimum Gasteiger partial charge on any atom is -0.489 e. The number of carbonyl (C=O) groups excluding carboxylic acids is 1. The number of carbonyl (C=O) groups is 2. The van der Waals surface area contributed by atoms with Crippen molar-refractivity contribution < 1.29 is 23.8 Å². The number of carboxylic acid groups (broad SMARTS) is 1. The smallest absolute Gasteiger partial charge is 0.326 e. The predicted octanol–water partition coefficient (Wildman–Crippen LogP) is 6.82. The summed E-state index contributed by atoms with van der Waals surface area (Å²) in [7, 11) is 0. The van der Waals surface area contributed by atoms with E-state index in [1.54, 1.807) is 42.9 Å². The lowest BCUT2D eigenvalue weighted by molar-refractivity contribution is -0.139. The van der Waals surface area contributed by atoms with Gasteiger partial charge in [-0.05, 0) is 70.6 Å². The number of benzene rings is 3. The summed E-state index contributed by atoms with van der Waals surface area (Å²) in [6.45, 7) is 0.375. The van der Waals surface area contributed by atoms with E-state index in [2.05, 4.69) is 5.32 Å². The summed E-state index contributed by atoms with van der Waals surface area (Å²) in [5.74, 6) is -0.856. The van der Waals surface area contributed by atoms with Gasteiger partial charge in [0.1, 0.15) is 18.4 Å². The Kier molecular flexibility index (Phi) is 7.25. The van der Waals surface area contributed by atoms with E-state index < -0.39 is 17.9 Å². The van der Waals surface area contributed by atoms with Gasteiger partial charge in [0.25, 0.3) is 5.91 Å². The van der Waals surface area contributed by atoms with E-state index in [1.807, 2.05) is 48.5 Å². The molecule has 0 fully saturated rings. The van der Waals surface area contributed by atoms with Crippen LogP contribution < -0.4 is 10.1 Å². The molecule has 186 valence electrons. The molecule has 8 heteroatoms. The second-order valence-corrected chi connectivity index (χ2v) is 10.0. The molecule has 1 atom stereocenters. The van der Waals surface area contributed by atoms with Gasteiger partial charge in [0.15, 0.2) is 0 Å². The maximum Gasteiger partial charge on any atom is 0.326 e. The molecule has 1 amide bonds. The van der Waals surface area contributed by atoms with Gasteiger partial charge in [-0.25, -0.2) is 4.79 Å². The van der Waals surface area contributed by atoms with E-state index in [0.29, 0.717) is 22.3 Å². The number of hydrogen-bond donors (Lipinski definition) is 2. The van der Waals surface area contributed by atoms with Crippen LogP contribution in [0.15, 0.2) is 95.8 Å². The number of halogens is 1. The number of fused-ring (bicyclic) bond motifs is 1. The van der Waals surface area contributed by atoms with Gasteiger partial charge in [0.2, 0.25) is 0 Å². The molecule has 3 aromatic carbocycles. The number of carboxylic acids is 1. The molecule has 6 nitrogen and oxygen atoms in total. The molecule has 0 bridgehead atoms. The number of furan rings is 1. The SMILES string of the molecule is O=C(NC(Cc1ccc(OCc2ccoc2)cc1)C(=O)O)c1cc2cc(-c3ccc(Cl)cc3)ccc2s1. The van der Waals surface area contributed by atoms with E-state index in [0.717, 1.165) is 32.3 Å². The first-order chi connectivity index (χ1) is 17.9. The zero-order valence-electron chi connectivity index (χ0n) is 19.5. The number of aliphatic carboxylic acids is 1. The summed E-state index contributed by atoms with van der Waals surface area (Å²) in [6, 6.07) is 23.2. The molecule has 0 saturated heterocycles. The van der Waals surface area contributed by atoms with Crippen molar-refractivity contribution >= 4 is 44.9 Å². The van der Waals surface area contributed by atoms with Crippen LogP contribution in [-0.2, 0) is 17.8 Å². The molecule has 0 spiro atoms. The van der Waals surface area contributed by atoms with Crippen molar-refractivity contribution in [2.45, 2.75) is 19.1 Å². The van der Waals surface area contributed by atoms with Gasteiger partial charge in [0, 0.05) is 21.7 Å². The number of rotatable bonds is 9. The van der Waals surface area contributed by atoms with Crippen LogP contribution in [0.5, 0.6) is 5.75 Å². The Labute approximate surface area is 222 Å². The third-order valence-corrected chi connectivity index (χ3v) is 7.24. The Bertz CT molecular complexity index is 1530. The van der Waals surface area contributed by atoms with Crippen molar-refractivity contribution in [3.8, 4) is 16.9 Å². The second-order valence-electron chi connectivity index (χ2n) is 8.50. The van der Waals surface area contributed by atoms with E-state index in [-0.39, 0.29) is 6.42 Å². The molecule has 2 heterocycles. The number of ether oxygens (including phenoxy) is 1. The van der Waals surface area contributed by atoms with E-state index in [1.165, 1.54) is 11.3 Å². The fourth-order valence-corrected chi connectivity index (χ4v) is 4.98. The summed E-state index contributed by atoms with van der Waals surface area (Å²) in [4.78, 5) is 25.3. The molecule has 37 heavy (non-hydrogen) atoms.